The van der Waals surface area contributed by atoms with Crippen LogP contribution in [0.4, 0.5) is 0 Å². The third kappa shape index (κ3) is 4.51. The smallest absolute Gasteiger partial charge is 0.248 e. The number of sulfonamides is 1. The summed E-state index contributed by atoms with van der Waals surface area (Å²) in [6.45, 7) is 5.41. The lowest BCUT2D eigenvalue weighted by Gasteiger charge is -2.29. The van der Waals surface area contributed by atoms with Gasteiger partial charge in [0.25, 0.3) is 0 Å². The number of hydrogen-bond donors (Lipinski definition) is 2. The molecule has 0 aliphatic carbocycles. The summed E-state index contributed by atoms with van der Waals surface area (Å²) in [7, 11) is -3.61. The SMILES string of the molecule is CC(CN1CCOCC1)NS(=O)(=O)c1ccc(C(N)=O)cc1. The Morgan fingerprint density at radius 2 is 1.91 bits per heavy atom. The maximum absolute atomic E-state index is 12.3. The van der Waals surface area contributed by atoms with Crippen LogP contribution in [0.2, 0.25) is 0 Å². The van der Waals surface area contributed by atoms with E-state index in [-0.39, 0.29) is 16.5 Å². The number of hydrogen-bond acceptors (Lipinski definition) is 5. The van der Waals surface area contributed by atoms with Gasteiger partial charge in [-0.1, -0.05) is 0 Å². The van der Waals surface area contributed by atoms with Crippen LogP contribution in [0.3, 0.4) is 0 Å². The Labute approximate surface area is 130 Å². The predicted molar refractivity (Wildman–Crippen MR) is 82.0 cm³/mol. The lowest BCUT2D eigenvalue weighted by Crippen LogP contribution is -2.45. The van der Waals surface area contributed by atoms with E-state index >= 15 is 0 Å². The van der Waals surface area contributed by atoms with Crippen molar-refractivity contribution in [3.63, 3.8) is 0 Å². The molecule has 0 radical (unpaired) electrons. The first-order valence-corrected chi connectivity index (χ1v) is 8.59. The fraction of sp³-hybridized carbons (Fsp3) is 0.500. The minimum atomic E-state index is -3.61. The van der Waals surface area contributed by atoms with Crippen molar-refractivity contribution >= 4 is 15.9 Å². The highest BCUT2D eigenvalue weighted by Crippen LogP contribution is 2.11. The van der Waals surface area contributed by atoms with Crippen molar-refractivity contribution in [2.75, 3.05) is 32.8 Å². The molecule has 0 spiro atoms. The number of morpholine rings is 1. The number of nitrogens with one attached hydrogen (secondary N) is 1. The van der Waals surface area contributed by atoms with Crippen LogP contribution in [-0.4, -0.2) is 58.1 Å². The monoisotopic (exact) mass is 327 g/mol. The van der Waals surface area contributed by atoms with Gasteiger partial charge in [0, 0.05) is 31.2 Å². The summed E-state index contributed by atoms with van der Waals surface area (Å²) in [4.78, 5) is 13.3. The Hall–Kier alpha value is -1.48. The maximum Gasteiger partial charge on any atom is 0.248 e. The molecule has 0 saturated carbocycles. The number of carbonyl (C=O) groups excluding carboxylic acids is 1. The first-order valence-electron chi connectivity index (χ1n) is 7.11. The molecule has 1 fully saturated rings. The first kappa shape index (κ1) is 16.9. The summed E-state index contributed by atoms with van der Waals surface area (Å²) in [6, 6.07) is 5.35. The summed E-state index contributed by atoms with van der Waals surface area (Å²) in [5.74, 6) is -0.586. The number of ether oxygens (including phenoxy) is 1. The van der Waals surface area contributed by atoms with Crippen LogP contribution in [0.15, 0.2) is 29.2 Å². The molecule has 122 valence electrons. The van der Waals surface area contributed by atoms with Crippen molar-refractivity contribution in [2.24, 2.45) is 5.73 Å². The van der Waals surface area contributed by atoms with E-state index in [2.05, 4.69) is 9.62 Å². The first-order chi connectivity index (χ1) is 10.4. The van der Waals surface area contributed by atoms with Crippen molar-refractivity contribution in [3.05, 3.63) is 29.8 Å². The van der Waals surface area contributed by atoms with Gasteiger partial charge in [-0.25, -0.2) is 13.1 Å². The van der Waals surface area contributed by atoms with E-state index in [9.17, 15) is 13.2 Å². The predicted octanol–water partition coefficient (Wildman–Crippen LogP) is -0.215. The number of nitrogens with zero attached hydrogens (tertiary/aromatic N) is 1. The Morgan fingerprint density at radius 1 is 1.32 bits per heavy atom. The van der Waals surface area contributed by atoms with Crippen molar-refractivity contribution in [1.29, 1.82) is 0 Å². The molecule has 22 heavy (non-hydrogen) atoms. The zero-order valence-electron chi connectivity index (χ0n) is 12.5. The van der Waals surface area contributed by atoms with Crippen LogP contribution in [0, 0.1) is 0 Å². The molecule has 1 aromatic carbocycles. The fourth-order valence-electron chi connectivity index (χ4n) is 2.34. The summed E-state index contributed by atoms with van der Waals surface area (Å²) in [6.07, 6.45) is 0. The van der Waals surface area contributed by atoms with Gasteiger partial charge in [0.1, 0.15) is 0 Å². The molecule has 7 nitrogen and oxygen atoms in total. The third-order valence-electron chi connectivity index (χ3n) is 3.44. The van der Waals surface area contributed by atoms with Gasteiger partial charge in [-0.15, -0.1) is 0 Å². The molecule has 1 amide bonds. The second-order valence-electron chi connectivity index (χ2n) is 5.32. The molecule has 1 aliphatic heterocycles. The minimum Gasteiger partial charge on any atom is -0.379 e. The molecule has 1 aliphatic rings. The van der Waals surface area contributed by atoms with Crippen LogP contribution in [0.5, 0.6) is 0 Å². The summed E-state index contributed by atoms with van der Waals surface area (Å²) >= 11 is 0. The van der Waals surface area contributed by atoms with Gasteiger partial charge >= 0.3 is 0 Å². The number of amides is 1. The zero-order chi connectivity index (χ0) is 16.2. The highest BCUT2D eigenvalue weighted by molar-refractivity contribution is 7.89. The normalized spacial score (nSPS) is 18.0. The molecular formula is C14H21N3O4S. The molecular weight excluding hydrogens is 306 g/mol. The fourth-order valence-corrected chi connectivity index (χ4v) is 3.57. The number of primary amides is 1. The van der Waals surface area contributed by atoms with Gasteiger partial charge in [0.05, 0.1) is 18.1 Å². The highest BCUT2D eigenvalue weighted by atomic mass is 32.2. The Kier molecular flexibility index (Phi) is 5.52. The quantitative estimate of drug-likeness (QED) is 0.752. The van der Waals surface area contributed by atoms with Crippen LogP contribution in [-0.2, 0) is 14.8 Å². The van der Waals surface area contributed by atoms with E-state index in [4.69, 9.17) is 10.5 Å². The Morgan fingerprint density at radius 3 is 2.45 bits per heavy atom. The Balaban J connectivity index is 1.98. The molecule has 3 N–H and O–H groups in total. The van der Waals surface area contributed by atoms with Crippen molar-refractivity contribution < 1.29 is 17.9 Å². The van der Waals surface area contributed by atoms with Gasteiger partial charge in [-0.3, -0.25) is 9.69 Å². The summed E-state index contributed by atoms with van der Waals surface area (Å²) < 4.78 is 32.5. The Bertz CT molecular complexity index is 609. The van der Waals surface area contributed by atoms with E-state index in [0.29, 0.717) is 19.8 Å². The minimum absolute atomic E-state index is 0.117. The lowest BCUT2D eigenvalue weighted by atomic mass is 10.2. The van der Waals surface area contributed by atoms with E-state index < -0.39 is 15.9 Å². The molecule has 0 bridgehead atoms. The van der Waals surface area contributed by atoms with Crippen LogP contribution in [0.25, 0.3) is 0 Å². The van der Waals surface area contributed by atoms with Crippen molar-refractivity contribution in [1.82, 2.24) is 9.62 Å². The van der Waals surface area contributed by atoms with E-state index in [1.807, 2.05) is 6.92 Å². The van der Waals surface area contributed by atoms with Gasteiger partial charge in [-0.2, -0.15) is 0 Å². The average molecular weight is 327 g/mol. The van der Waals surface area contributed by atoms with Crippen molar-refractivity contribution in [3.8, 4) is 0 Å². The standard InChI is InChI=1S/C14H21N3O4S/c1-11(10-17-6-8-21-9-7-17)16-22(19,20)13-4-2-12(3-5-13)14(15)18/h2-5,11,16H,6-10H2,1H3,(H2,15,18). The number of nitrogens with two attached hydrogens (primary N) is 1. The van der Waals surface area contributed by atoms with Gasteiger partial charge in [-0.05, 0) is 31.2 Å². The van der Waals surface area contributed by atoms with E-state index in [0.717, 1.165) is 13.1 Å². The number of rotatable bonds is 6. The van der Waals surface area contributed by atoms with E-state index in [1.54, 1.807) is 0 Å². The summed E-state index contributed by atoms with van der Waals surface area (Å²) in [5.41, 5.74) is 5.42. The third-order valence-corrected chi connectivity index (χ3v) is 5.05. The highest BCUT2D eigenvalue weighted by Gasteiger charge is 2.20. The molecule has 1 saturated heterocycles. The average Bonchev–Trinajstić information content (AvgIpc) is 2.47. The van der Waals surface area contributed by atoms with Crippen LogP contribution >= 0.6 is 0 Å². The van der Waals surface area contributed by atoms with Crippen LogP contribution < -0.4 is 10.5 Å². The molecule has 2 rings (SSSR count). The maximum atomic E-state index is 12.3. The molecule has 0 aromatic heterocycles. The second kappa shape index (κ2) is 7.19. The van der Waals surface area contributed by atoms with Gasteiger partial charge in [0.15, 0.2) is 0 Å². The summed E-state index contributed by atoms with van der Waals surface area (Å²) in [5, 5.41) is 0. The van der Waals surface area contributed by atoms with Gasteiger partial charge < -0.3 is 10.5 Å². The van der Waals surface area contributed by atoms with E-state index in [1.165, 1.54) is 24.3 Å². The lowest BCUT2D eigenvalue weighted by molar-refractivity contribution is 0.0354. The largest absolute Gasteiger partial charge is 0.379 e. The zero-order valence-corrected chi connectivity index (χ0v) is 13.3. The molecule has 1 unspecified atom stereocenters. The molecule has 8 heteroatoms. The second-order valence-corrected chi connectivity index (χ2v) is 7.04. The molecule has 1 aromatic rings. The van der Waals surface area contributed by atoms with Crippen LogP contribution in [0.1, 0.15) is 17.3 Å². The number of benzene rings is 1. The molecule has 1 heterocycles. The molecule has 1 atom stereocenters. The van der Waals surface area contributed by atoms with Gasteiger partial charge in [0.2, 0.25) is 15.9 Å². The topological polar surface area (TPSA) is 102 Å². The van der Waals surface area contributed by atoms with Crippen molar-refractivity contribution in [2.45, 2.75) is 17.9 Å². The number of carbonyl (C=O) groups is 1.